The number of benzene rings is 1. The molecule has 1 aliphatic rings. The lowest BCUT2D eigenvalue weighted by Gasteiger charge is -2.20. The second-order valence-electron chi connectivity index (χ2n) is 8.51. The highest BCUT2D eigenvalue weighted by molar-refractivity contribution is 5.75. The van der Waals surface area contributed by atoms with Crippen LogP contribution in [0.25, 0.3) is 17.1 Å². The van der Waals surface area contributed by atoms with Crippen molar-refractivity contribution in [2.75, 3.05) is 5.32 Å². The number of nitriles is 1. The van der Waals surface area contributed by atoms with E-state index in [0.29, 0.717) is 42.2 Å². The molecule has 2 heterocycles. The summed E-state index contributed by atoms with van der Waals surface area (Å²) in [7, 11) is 0. The average Bonchev–Trinajstić information content (AvgIpc) is 3.15. The Morgan fingerprint density at radius 1 is 1.09 bits per heavy atom. The molecule has 3 aromatic rings. The van der Waals surface area contributed by atoms with Crippen LogP contribution in [-0.4, -0.2) is 31.0 Å². The van der Waals surface area contributed by atoms with Gasteiger partial charge < -0.3 is 5.32 Å². The van der Waals surface area contributed by atoms with Crippen molar-refractivity contribution in [1.82, 2.24) is 25.0 Å². The van der Waals surface area contributed by atoms with Gasteiger partial charge in [-0.25, -0.2) is 4.98 Å². The van der Waals surface area contributed by atoms with E-state index in [2.05, 4.69) is 31.7 Å². The van der Waals surface area contributed by atoms with Crippen molar-refractivity contribution in [1.29, 1.82) is 5.26 Å². The zero-order valence-corrected chi connectivity index (χ0v) is 18.7. The van der Waals surface area contributed by atoms with E-state index in [9.17, 15) is 13.2 Å². The van der Waals surface area contributed by atoms with Crippen LogP contribution in [0.4, 0.5) is 19.0 Å². The monoisotopic (exact) mass is 469 g/mol. The molecule has 0 radical (unpaired) electrons. The van der Waals surface area contributed by atoms with Crippen molar-refractivity contribution in [2.24, 2.45) is 0 Å². The smallest absolute Gasteiger partial charge is 0.367 e. The number of alkyl halides is 3. The third kappa shape index (κ3) is 5.90. The highest BCUT2D eigenvalue weighted by Crippen LogP contribution is 2.33. The molecule has 2 aromatic heterocycles. The molecule has 0 atom stereocenters. The van der Waals surface area contributed by atoms with E-state index in [1.807, 2.05) is 0 Å². The van der Waals surface area contributed by atoms with Crippen LogP contribution in [0.1, 0.15) is 62.6 Å². The molecule has 34 heavy (non-hydrogen) atoms. The molecule has 0 saturated heterocycles. The van der Waals surface area contributed by atoms with Crippen LogP contribution >= 0.6 is 0 Å². The molecule has 1 N–H and O–H groups in total. The summed E-state index contributed by atoms with van der Waals surface area (Å²) < 4.78 is 40.5. The minimum absolute atomic E-state index is 0.232. The van der Waals surface area contributed by atoms with Crippen molar-refractivity contribution >= 4 is 5.82 Å². The van der Waals surface area contributed by atoms with E-state index in [-0.39, 0.29) is 6.04 Å². The van der Waals surface area contributed by atoms with Crippen molar-refractivity contribution < 1.29 is 13.2 Å². The molecule has 0 spiro atoms. The van der Waals surface area contributed by atoms with Gasteiger partial charge in [-0.1, -0.05) is 43.0 Å². The summed E-state index contributed by atoms with van der Waals surface area (Å²) in [5.74, 6) is 0.893. The molecule has 1 saturated carbocycles. The first-order valence-electron chi connectivity index (χ1n) is 11.5. The Hall–Kier alpha value is -3.48. The molecule has 1 aromatic carbocycles. The van der Waals surface area contributed by atoms with Gasteiger partial charge >= 0.3 is 6.18 Å². The zero-order chi connectivity index (χ0) is 24.0. The van der Waals surface area contributed by atoms with Crippen molar-refractivity contribution in [3.63, 3.8) is 0 Å². The fourth-order valence-electron chi connectivity index (χ4n) is 4.12. The number of halogens is 3. The van der Waals surface area contributed by atoms with Crippen LogP contribution in [-0.2, 0) is 12.6 Å². The molecule has 0 amide bonds. The third-order valence-electron chi connectivity index (χ3n) is 5.96. The number of anilines is 1. The summed E-state index contributed by atoms with van der Waals surface area (Å²) in [6.45, 7) is 0. The summed E-state index contributed by atoms with van der Waals surface area (Å²) in [5.41, 5.74) is 1.28. The van der Waals surface area contributed by atoms with Crippen molar-refractivity contribution in [3.8, 4) is 23.1 Å². The van der Waals surface area contributed by atoms with E-state index < -0.39 is 11.7 Å². The predicted octanol–water partition coefficient (Wildman–Crippen LogP) is 5.72. The highest BCUT2D eigenvalue weighted by atomic mass is 19.4. The number of aromatic nitrogens is 5. The maximum absolute atomic E-state index is 13.0. The van der Waals surface area contributed by atoms with E-state index in [1.54, 1.807) is 12.4 Å². The second-order valence-corrected chi connectivity index (χ2v) is 8.51. The molecule has 1 aliphatic carbocycles. The van der Waals surface area contributed by atoms with Gasteiger partial charge in [0.2, 0.25) is 0 Å². The van der Waals surface area contributed by atoms with Crippen LogP contribution in [0.2, 0.25) is 0 Å². The van der Waals surface area contributed by atoms with Gasteiger partial charge in [0, 0.05) is 24.2 Å². The summed E-state index contributed by atoms with van der Waals surface area (Å²) in [6, 6.07) is 7.38. The van der Waals surface area contributed by atoms with Gasteiger partial charge in [-0.2, -0.15) is 28.1 Å². The van der Waals surface area contributed by atoms with Gasteiger partial charge in [-0.15, -0.1) is 5.10 Å². The molecule has 0 aliphatic heterocycles. The van der Waals surface area contributed by atoms with Crippen LogP contribution in [0.15, 0.2) is 36.7 Å². The van der Waals surface area contributed by atoms with Gasteiger partial charge in [0.1, 0.15) is 5.82 Å². The fourth-order valence-corrected chi connectivity index (χ4v) is 4.12. The summed E-state index contributed by atoms with van der Waals surface area (Å²) in [5, 5.41) is 20.5. The quantitative estimate of drug-likeness (QED) is 0.351. The first-order chi connectivity index (χ1) is 16.4. The fraction of sp³-hybridized carbons (Fsp3) is 0.458. The predicted molar refractivity (Wildman–Crippen MR) is 121 cm³/mol. The molecule has 10 heteroatoms. The summed E-state index contributed by atoms with van der Waals surface area (Å²) >= 11 is 0. The van der Waals surface area contributed by atoms with Crippen LogP contribution < -0.4 is 5.32 Å². The Kier molecular flexibility index (Phi) is 7.40. The summed E-state index contributed by atoms with van der Waals surface area (Å²) in [6.07, 6.45) is 7.40. The number of nitrogens with zero attached hydrogens (tertiary/aromatic N) is 6. The number of aryl methyl sites for hydroxylation is 1. The van der Waals surface area contributed by atoms with Gasteiger partial charge in [0.25, 0.3) is 5.95 Å². The van der Waals surface area contributed by atoms with E-state index in [0.717, 1.165) is 43.5 Å². The molecular formula is C24H26F3N7. The molecule has 0 unspecified atom stereocenters. The van der Waals surface area contributed by atoms with Crippen LogP contribution in [0, 0.1) is 11.3 Å². The Labute approximate surface area is 196 Å². The highest BCUT2D eigenvalue weighted by Gasteiger charge is 2.30. The first-order valence-corrected chi connectivity index (χ1v) is 11.5. The Balaban J connectivity index is 1.65. The SMILES string of the molecule is N#CCCCc1cn(-c2ncc(-c3ccc(C(F)(F)F)cc3)c(NC3CCCCCC3)n2)nn1. The lowest BCUT2D eigenvalue weighted by Crippen LogP contribution is -2.20. The second kappa shape index (κ2) is 10.6. The molecular weight excluding hydrogens is 443 g/mol. The minimum Gasteiger partial charge on any atom is -0.367 e. The first kappa shape index (κ1) is 23.7. The van der Waals surface area contributed by atoms with E-state index >= 15 is 0 Å². The lowest BCUT2D eigenvalue weighted by atomic mass is 10.0. The number of hydrogen-bond acceptors (Lipinski definition) is 6. The molecule has 7 nitrogen and oxygen atoms in total. The summed E-state index contributed by atoms with van der Waals surface area (Å²) in [4.78, 5) is 9.10. The third-order valence-corrected chi connectivity index (χ3v) is 5.96. The number of unbranched alkanes of at least 4 members (excludes halogenated alkanes) is 1. The zero-order valence-electron chi connectivity index (χ0n) is 18.7. The van der Waals surface area contributed by atoms with Crippen LogP contribution in [0.5, 0.6) is 0 Å². The maximum Gasteiger partial charge on any atom is 0.416 e. The lowest BCUT2D eigenvalue weighted by molar-refractivity contribution is -0.137. The van der Waals surface area contributed by atoms with E-state index in [4.69, 9.17) is 5.26 Å². The van der Waals surface area contributed by atoms with Crippen LogP contribution in [0.3, 0.4) is 0 Å². The van der Waals surface area contributed by atoms with E-state index in [1.165, 1.54) is 29.7 Å². The Morgan fingerprint density at radius 2 is 1.82 bits per heavy atom. The van der Waals surface area contributed by atoms with Crippen molar-refractivity contribution in [3.05, 3.63) is 47.9 Å². The largest absolute Gasteiger partial charge is 0.416 e. The maximum atomic E-state index is 13.0. The van der Waals surface area contributed by atoms with Gasteiger partial charge in [-0.3, -0.25) is 0 Å². The van der Waals surface area contributed by atoms with Gasteiger partial charge in [0.15, 0.2) is 0 Å². The van der Waals surface area contributed by atoms with Crippen molar-refractivity contribution in [2.45, 2.75) is 70.0 Å². The molecule has 0 bridgehead atoms. The normalized spacial score (nSPS) is 15.0. The average molecular weight is 470 g/mol. The molecule has 1 fully saturated rings. The standard InChI is InChI=1S/C24H26F3N7/c25-24(26,27)18-12-10-17(11-13-18)21-15-29-23(34-16-20(32-33-34)9-5-6-14-28)31-22(21)30-19-7-3-1-2-4-8-19/h10-13,15-16,19H,1-9H2,(H,29,30,31). The molecule has 4 rings (SSSR count). The number of hydrogen-bond donors (Lipinski definition) is 1. The number of nitrogens with one attached hydrogen (secondary N) is 1. The van der Waals surface area contributed by atoms with Gasteiger partial charge in [-0.05, 0) is 43.4 Å². The Bertz CT molecular complexity index is 1120. The number of rotatable bonds is 7. The van der Waals surface area contributed by atoms with Gasteiger partial charge in [0.05, 0.1) is 23.5 Å². The molecule has 178 valence electrons. The topological polar surface area (TPSA) is 92.3 Å². The Morgan fingerprint density at radius 3 is 2.50 bits per heavy atom. The minimum atomic E-state index is -4.39.